The molecule has 2 aromatic carbocycles. The maximum Gasteiger partial charge on any atom is 0.272 e. The molecule has 5 rings (SSSR count). The lowest BCUT2D eigenvalue weighted by Crippen LogP contribution is -2.36. The van der Waals surface area contributed by atoms with Crippen LogP contribution >= 0.6 is 0 Å². The van der Waals surface area contributed by atoms with Crippen molar-refractivity contribution in [3.05, 3.63) is 106 Å². The summed E-state index contributed by atoms with van der Waals surface area (Å²) in [5.74, 6) is -0.847. The summed E-state index contributed by atoms with van der Waals surface area (Å²) in [6, 6.07) is 17.8. The summed E-state index contributed by atoms with van der Waals surface area (Å²) in [4.78, 5) is 33.6. The molecule has 0 aliphatic carbocycles. The molecule has 2 aromatic heterocycles. The molecule has 1 aliphatic rings. The Labute approximate surface area is 202 Å². The summed E-state index contributed by atoms with van der Waals surface area (Å²) in [6.45, 7) is 1.81. The number of nitrogens with zero attached hydrogens (tertiary/aromatic N) is 4. The van der Waals surface area contributed by atoms with E-state index in [9.17, 15) is 14.0 Å². The minimum absolute atomic E-state index is 0.0595. The van der Waals surface area contributed by atoms with Crippen molar-refractivity contribution < 1.29 is 9.18 Å². The molecule has 3 heterocycles. The van der Waals surface area contributed by atoms with Crippen LogP contribution < -0.4 is 5.56 Å². The highest BCUT2D eigenvalue weighted by Crippen LogP contribution is 2.22. The monoisotopic (exact) mass is 471 g/mol. The number of hydrogen-bond donors (Lipinski definition) is 1. The number of carbonyl (C=O) groups excluding carboxylic acids is 1. The third-order valence-corrected chi connectivity index (χ3v) is 6.62. The Bertz CT molecular complexity index is 1420. The van der Waals surface area contributed by atoms with Gasteiger partial charge in [0.2, 0.25) is 0 Å². The highest BCUT2D eigenvalue weighted by atomic mass is 19.1. The smallest absolute Gasteiger partial charge is 0.272 e. The summed E-state index contributed by atoms with van der Waals surface area (Å²) in [6.07, 6.45) is 2.96. The highest BCUT2D eigenvalue weighted by molar-refractivity contribution is 5.95. The summed E-state index contributed by atoms with van der Waals surface area (Å²) in [5, 5.41) is 8.02. The van der Waals surface area contributed by atoms with Crippen molar-refractivity contribution in [1.82, 2.24) is 25.0 Å². The van der Waals surface area contributed by atoms with Crippen LogP contribution in [0.25, 0.3) is 10.8 Å². The molecule has 0 radical (unpaired) electrons. The van der Waals surface area contributed by atoms with E-state index >= 15 is 0 Å². The van der Waals surface area contributed by atoms with Crippen LogP contribution in [0.4, 0.5) is 4.39 Å². The van der Waals surface area contributed by atoms with E-state index in [1.165, 1.54) is 6.07 Å². The molecule has 8 heteroatoms. The van der Waals surface area contributed by atoms with Crippen LogP contribution in [-0.2, 0) is 13.0 Å². The van der Waals surface area contributed by atoms with Crippen LogP contribution in [0, 0.1) is 5.82 Å². The minimum atomic E-state index is -0.539. The van der Waals surface area contributed by atoms with E-state index in [0.29, 0.717) is 37.1 Å². The van der Waals surface area contributed by atoms with Crippen LogP contribution in [0.3, 0.4) is 0 Å². The van der Waals surface area contributed by atoms with Gasteiger partial charge in [0.05, 0.1) is 22.3 Å². The number of carbonyl (C=O) groups is 1. The van der Waals surface area contributed by atoms with Gasteiger partial charge in [0.1, 0.15) is 5.82 Å². The van der Waals surface area contributed by atoms with Crippen molar-refractivity contribution in [2.75, 3.05) is 20.1 Å². The third-order valence-electron chi connectivity index (χ3n) is 6.62. The van der Waals surface area contributed by atoms with E-state index in [1.54, 1.807) is 35.4 Å². The number of halogens is 1. The summed E-state index contributed by atoms with van der Waals surface area (Å²) >= 11 is 0. The molecule has 1 unspecified atom stereocenters. The van der Waals surface area contributed by atoms with Gasteiger partial charge in [-0.2, -0.15) is 5.10 Å². The van der Waals surface area contributed by atoms with Crippen LogP contribution in [0.2, 0.25) is 0 Å². The number of amides is 1. The van der Waals surface area contributed by atoms with E-state index in [1.807, 2.05) is 37.4 Å². The van der Waals surface area contributed by atoms with Gasteiger partial charge in [-0.15, -0.1) is 0 Å². The fourth-order valence-electron chi connectivity index (χ4n) is 4.68. The first kappa shape index (κ1) is 22.9. The Morgan fingerprint density at radius 3 is 2.74 bits per heavy atom. The number of H-pyrrole nitrogens is 1. The number of benzene rings is 2. The van der Waals surface area contributed by atoms with Crippen molar-refractivity contribution in [3.63, 3.8) is 0 Å². The molecule has 1 aliphatic heterocycles. The molecule has 1 fully saturated rings. The average molecular weight is 472 g/mol. The lowest BCUT2D eigenvalue weighted by Gasteiger charge is -2.24. The molecular formula is C27H26FN5O2. The van der Waals surface area contributed by atoms with Crippen LogP contribution in [0.1, 0.15) is 33.7 Å². The zero-order chi connectivity index (χ0) is 24.4. The summed E-state index contributed by atoms with van der Waals surface area (Å²) in [5.41, 5.74) is 2.20. The Balaban J connectivity index is 1.32. The third kappa shape index (κ3) is 4.83. The predicted octanol–water partition coefficient (Wildman–Crippen LogP) is 3.39. The molecule has 0 saturated carbocycles. The molecule has 178 valence electrons. The molecule has 1 atom stereocenters. The van der Waals surface area contributed by atoms with Gasteiger partial charge in [-0.1, -0.05) is 30.3 Å². The van der Waals surface area contributed by atoms with E-state index in [-0.39, 0.29) is 23.1 Å². The molecule has 0 bridgehead atoms. The normalized spacial score (nSPS) is 15.7. The average Bonchev–Trinajstić information content (AvgIpc) is 3.38. The topological polar surface area (TPSA) is 82.2 Å². The first-order chi connectivity index (χ1) is 17.0. The lowest BCUT2D eigenvalue weighted by molar-refractivity contribution is 0.0774. The number of hydrogen-bond acceptors (Lipinski definition) is 5. The van der Waals surface area contributed by atoms with Gasteiger partial charge in [0, 0.05) is 43.7 Å². The Morgan fingerprint density at radius 1 is 1.14 bits per heavy atom. The first-order valence-electron chi connectivity index (χ1n) is 11.6. The fraction of sp³-hybridized carbons (Fsp3) is 0.259. The molecule has 7 nitrogen and oxygen atoms in total. The van der Waals surface area contributed by atoms with Crippen molar-refractivity contribution in [1.29, 1.82) is 0 Å². The van der Waals surface area contributed by atoms with Gasteiger partial charge in [0.15, 0.2) is 0 Å². The van der Waals surface area contributed by atoms with Gasteiger partial charge < -0.3 is 4.90 Å². The van der Waals surface area contributed by atoms with E-state index < -0.39 is 5.82 Å². The standard InChI is InChI=1S/C27H26FN5O2/c1-32(16-19-6-4-5-12-29-19)20-11-13-33(17-20)27(35)23-14-18(9-10-24(23)28)15-25-21-7-2-3-8-22(21)26(34)31-30-25/h2-10,12,14,20H,11,13,15-17H2,1H3,(H,31,34). The number of likely N-dealkylation sites (N-methyl/N-ethyl adjacent to an activating group) is 1. The van der Waals surface area contributed by atoms with Crippen LogP contribution in [0.5, 0.6) is 0 Å². The molecule has 0 spiro atoms. The number of rotatable bonds is 6. The van der Waals surface area contributed by atoms with Crippen molar-refractivity contribution in [2.24, 2.45) is 0 Å². The Morgan fingerprint density at radius 2 is 1.94 bits per heavy atom. The molecule has 1 N–H and O–H groups in total. The van der Waals surface area contributed by atoms with E-state index in [2.05, 4.69) is 20.1 Å². The molecular weight excluding hydrogens is 445 g/mol. The number of aromatic amines is 1. The van der Waals surface area contributed by atoms with Gasteiger partial charge in [-0.25, -0.2) is 9.49 Å². The number of nitrogens with one attached hydrogen (secondary N) is 1. The van der Waals surface area contributed by atoms with Crippen molar-refractivity contribution in [3.8, 4) is 0 Å². The van der Waals surface area contributed by atoms with Crippen LogP contribution in [0.15, 0.2) is 71.7 Å². The maximum absolute atomic E-state index is 14.7. The Hall–Kier alpha value is -3.91. The molecule has 35 heavy (non-hydrogen) atoms. The molecule has 1 saturated heterocycles. The summed E-state index contributed by atoms with van der Waals surface area (Å²) in [7, 11) is 2.02. The quantitative estimate of drug-likeness (QED) is 0.466. The van der Waals surface area contributed by atoms with Gasteiger partial charge >= 0.3 is 0 Å². The van der Waals surface area contributed by atoms with Gasteiger partial charge in [-0.3, -0.25) is 19.5 Å². The minimum Gasteiger partial charge on any atom is -0.337 e. The second-order valence-electron chi connectivity index (χ2n) is 8.97. The van der Waals surface area contributed by atoms with Crippen molar-refractivity contribution in [2.45, 2.75) is 25.4 Å². The number of fused-ring (bicyclic) bond motifs is 1. The lowest BCUT2D eigenvalue weighted by atomic mass is 10.0. The largest absolute Gasteiger partial charge is 0.337 e. The molecule has 1 amide bonds. The first-order valence-corrected chi connectivity index (χ1v) is 11.6. The second-order valence-corrected chi connectivity index (χ2v) is 8.97. The zero-order valence-corrected chi connectivity index (χ0v) is 19.4. The maximum atomic E-state index is 14.7. The zero-order valence-electron chi connectivity index (χ0n) is 19.4. The SMILES string of the molecule is CN(Cc1ccccn1)C1CCN(C(=O)c2cc(Cc3n[nH]c(=O)c4ccccc34)ccc2F)C1. The van der Waals surface area contributed by atoms with Gasteiger partial charge in [-0.05, 0) is 49.4 Å². The molecule has 4 aromatic rings. The summed E-state index contributed by atoms with van der Waals surface area (Å²) < 4.78 is 14.7. The van der Waals surface area contributed by atoms with Crippen LogP contribution in [-0.4, -0.2) is 57.1 Å². The van der Waals surface area contributed by atoms with Crippen molar-refractivity contribution >= 4 is 16.7 Å². The highest BCUT2D eigenvalue weighted by Gasteiger charge is 2.30. The number of pyridine rings is 1. The van der Waals surface area contributed by atoms with Gasteiger partial charge in [0.25, 0.3) is 11.5 Å². The fourth-order valence-corrected chi connectivity index (χ4v) is 4.68. The predicted molar refractivity (Wildman–Crippen MR) is 132 cm³/mol. The second kappa shape index (κ2) is 9.76. The Kier molecular flexibility index (Phi) is 6.37. The number of aromatic nitrogens is 3. The van der Waals surface area contributed by atoms with E-state index in [0.717, 1.165) is 23.1 Å². The van der Waals surface area contributed by atoms with E-state index in [4.69, 9.17) is 0 Å². The number of likely N-dealkylation sites (tertiary alicyclic amines) is 1.